The van der Waals surface area contributed by atoms with Crippen LogP contribution in [0.3, 0.4) is 0 Å². The summed E-state index contributed by atoms with van der Waals surface area (Å²) in [5.41, 5.74) is 0.683. The van der Waals surface area contributed by atoms with Crippen LogP contribution in [-0.2, 0) is 36.6 Å². The minimum absolute atomic E-state index is 0.128. The van der Waals surface area contributed by atoms with Gasteiger partial charge in [0, 0.05) is 6.54 Å². The van der Waals surface area contributed by atoms with Crippen LogP contribution < -0.4 is 4.90 Å². The number of hydrogen-bond acceptors (Lipinski definition) is 7. The molecule has 2 amide bonds. The Kier molecular flexibility index (Phi) is 7.68. The fourth-order valence-electron chi connectivity index (χ4n) is 4.18. The van der Waals surface area contributed by atoms with Crippen molar-refractivity contribution >= 4 is 32.0 Å². The third-order valence-electron chi connectivity index (χ3n) is 7.21. The van der Waals surface area contributed by atoms with Gasteiger partial charge in [-0.05, 0) is 52.8 Å². The van der Waals surface area contributed by atoms with Crippen molar-refractivity contribution in [2.45, 2.75) is 104 Å². The maximum atomic E-state index is 13.8. The summed E-state index contributed by atoms with van der Waals surface area (Å²) in [6.07, 6.45) is 0.296. The van der Waals surface area contributed by atoms with Gasteiger partial charge in [0.05, 0.1) is 43.3 Å². The smallest absolute Gasteiger partial charge is 0.410 e. The lowest BCUT2D eigenvalue weighted by molar-refractivity contribution is -0.151. The molecule has 11 heteroatoms. The molecule has 0 aromatic carbocycles. The second-order valence-corrected chi connectivity index (χ2v) is 17.0. The van der Waals surface area contributed by atoms with Crippen molar-refractivity contribution in [2.24, 2.45) is 5.92 Å². The summed E-state index contributed by atoms with van der Waals surface area (Å²) >= 11 is 0. The average Bonchev–Trinajstić information content (AvgIpc) is 3.26. The van der Waals surface area contributed by atoms with Crippen molar-refractivity contribution in [2.75, 3.05) is 18.1 Å². The van der Waals surface area contributed by atoms with Crippen LogP contribution in [0.15, 0.2) is 6.20 Å². The van der Waals surface area contributed by atoms with Gasteiger partial charge in [-0.2, -0.15) is 5.10 Å². The van der Waals surface area contributed by atoms with Gasteiger partial charge in [-0.15, -0.1) is 0 Å². The van der Waals surface area contributed by atoms with Gasteiger partial charge in [-0.3, -0.25) is 19.2 Å². The van der Waals surface area contributed by atoms with Gasteiger partial charge in [-0.1, -0.05) is 20.8 Å². The lowest BCUT2D eigenvalue weighted by atomic mass is 10.1. The summed E-state index contributed by atoms with van der Waals surface area (Å²) in [7, 11) is -2.37. The third-order valence-corrected chi connectivity index (χ3v) is 11.7. The number of nitrogens with zero attached hydrogens (tertiary/aromatic N) is 4. The van der Waals surface area contributed by atoms with Crippen LogP contribution in [0.5, 0.6) is 0 Å². The summed E-state index contributed by atoms with van der Waals surface area (Å²) in [6.45, 7) is 20.7. The van der Waals surface area contributed by atoms with E-state index in [9.17, 15) is 14.4 Å². The molecule has 0 aliphatic carbocycles. The Hall–Kier alpha value is -2.40. The van der Waals surface area contributed by atoms with Crippen LogP contribution in [0.4, 0.5) is 10.5 Å². The molecule has 2 unspecified atom stereocenters. The highest BCUT2D eigenvalue weighted by molar-refractivity contribution is 6.74. The second kappa shape index (κ2) is 9.81. The highest BCUT2D eigenvalue weighted by Crippen LogP contribution is 2.41. The molecule has 10 nitrogen and oxygen atoms in total. The molecule has 0 N–H and O–H groups in total. The van der Waals surface area contributed by atoms with Gasteiger partial charge < -0.3 is 18.8 Å². The van der Waals surface area contributed by atoms with Crippen LogP contribution in [0, 0.1) is 5.92 Å². The van der Waals surface area contributed by atoms with E-state index in [1.165, 1.54) is 0 Å². The largest absolute Gasteiger partial charge is 0.466 e. The van der Waals surface area contributed by atoms with Crippen LogP contribution >= 0.6 is 0 Å². The van der Waals surface area contributed by atoms with Gasteiger partial charge in [0.25, 0.3) is 5.91 Å². The zero-order valence-electron chi connectivity index (χ0n) is 23.4. The average molecular weight is 523 g/mol. The molecule has 3 atom stereocenters. The summed E-state index contributed by atoms with van der Waals surface area (Å²) < 4.78 is 19.2. The monoisotopic (exact) mass is 522 g/mol. The first-order valence-corrected chi connectivity index (χ1v) is 15.6. The number of aromatic nitrogens is 2. The number of anilines is 1. The quantitative estimate of drug-likeness (QED) is 0.426. The Morgan fingerprint density at radius 3 is 2.33 bits per heavy atom. The molecule has 3 rings (SSSR count). The summed E-state index contributed by atoms with van der Waals surface area (Å²) in [4.78, 5) is 42.8. The Morgan fingerprint density at radius 2 is 1.78 bits per heavy atom. The molecule has 202 valence electrons. The van der Waals surface area contributed by atoms with Crippen molar-refractivity contribution in [3.63, 3.8) is 0 Å². The first-order valence-electron chi connectivity index (χ1n) is 12.7. The number of carbonyl (C=O) groups is 3. The molecule has 1 saturated heterocycles. The van der Waals surface area contributed by atoms with E-state index in [1.807, 2.05) is 32.4 Å². The summed E-state index contributed by atoms with van der Waals surface area (Å²) in [5.74, 6) is -1.47. The van der Waals surface area contributed by atoms with Crippen molar-refractivity contribution in [1.29, 1.82) is 0 Å². The SMILES string of the molecule is CCOC(=O)C1CN(c2cnn3c2CN(C(=O)OC(C)(C)C)[C@@H](C)C3)C(=O)C1O[Si](C)(C)C(C)(C)C. The minimum atomic E-state index is -2.37. The van der Waals surface area contributed by atoms with Crippen LogP contribution in [0.1, 0.15) is 61.1 Å². The van der Waals surface area contributed by atoms with Gasteiger partial charge in [0.15, 0.2) is 8.32 Å². The second-order valence-electron chi connectivity index (χ2n) is 12.2. The van der Waals surface area contributed by atoms with Crippen molar-refractivity contribution in [3.8, 4) is 0 Å². The Labute approximate surface area is 215 Å². The molecule has 1 fully saturated rings. The topological polar surface area (TPSA) is 103 Å². The highest BCUT2D eigenvalue weighted by atomic mass is 28.4. The number of hydrogen-bond donors (Lipinski definition) is 0. The van der Waals surface area contributed by atoms with Crippen LogP contribution in [0.25, 0.3) is 0 Å². The van der Waals surface area contributed by atoms with E-state index in [4.69, 9.17) is 13.9 Å². The van der Waals surface area contributed by atoms with Crippen LogP contribution in [-0.4, -0.2) is 71.9 Å². The van der Waals surface area contributed by atoms with Crippen molar-refractivity contribution < 1.29 is 28.3 Å². The van der Waals surface area contributed by atoms with E-state index in [-0.39, 0.29) is 36.7 Å². The summed E-state index contributed by atoms with van der Waals surface area (Å²) in [6, 6.07) is -0.128. The van der Waals surface area contributed by atoms with E-state index in [0.29, 0.717) is 12.2 Å². The number of amides is 2. The lowest BCUT2D eigenvalue weighted by Gasteiger charge is -2.38. The standard InChI is InChI=1S/C25H42N4O6Si/c1-11-33-22(31)17-14-28(21(30)20(17)35-36(9,10)25(6,7)8)18-12-26-29-13-16(2)27(15-19(18)29)23(32)34-24(3,4)5/h12,16-17,20H,11,13-15H2,1-10H3/t16-,17?,20?/m0/s1. The van der Waals surface area contributed by atoms with E-state index in [0.717, 1.165) is 5.69 Å². The Balaban J connectivity index is 1.93. The Bertz CT molecular complexity index is 1010. The van der Waals surface area contributed by atoms with Crippen LogP contribution in [0.2, 0.25) is 18.1 Å². The molecule has 1 aromatic rings. The molecule has 3 heterocycles. The molecule has 36 heavy (non-hydrogen) atoms. The van der Waals surface area contributed by atoms with E-state index in [1.54, 1.807) is 22.9 Å². The molecule has 2 aliphatic rings. The first-order chi connectivity index (χ1) is 16.5. The molecule has 1 aromatic heterocycles. The Morgan fingerprint density at radius 1 is 1.14 bits per heavy atom. The molecule has 2 aliphatic heterocycles. The minimum Gasteiger partial charge on any atom is -0.466 e. The van der Waals surface area contributed by atoms with Gasteiger partial charge in [0.1, 0.15) is 17.6 Å². The maximum Gasteiger partial charge on any atom is 0.410 e. The molecule has 0 spiro atoms. The van der Waals surface area contributed by atoms with E-state index < -0.39 is 38.0 Å². The molecule has 0 bridgehead atoms. The zero-order chi connectivity index (χ0) is 27.2. The zero-order valence-corrected chi connectivity index (χ0v) is 24.4. The molecular weight excluding hydrogens is 480 g/mol. The van der Waals surface area contributed by atoms with Gasteiger partial charge in [-0.25, -0.2) is 4.79 Å². The van der Waals surface area contributed by atoms with Gasteiger partial charge >= 0.3 is 12.1 Å². The first kappa shape index (κ1) is 28.2. The van der Waals surface area contributed by atoms with Crippen molar-refractivity contribution in [1.82, 2.24) is 14.7 Å². The predicted molar refractivity (Wildman–Crippen MR) is 138 cm³/mol. The van der Waals surface area contributed by atoms with Gasteiger partial charge in [0.2, 0.25) is 0 Å². The third kappa shape index (κ3) is 5.61. The molecule has 0 radical (unpaired) electrons. The van der Waals surface area contributed by atoms with Crippen molar-refractivity contribution in [3.05, 3.63) is 11.9 Å². The summed E-state index contributed by atoms with van der Waals surface area (Å²) in [5, 5.41) is 4.36. The lowest BCUT2D eigenvalue weighted by Crippen LogP contribution is -2.48. The molecule has 0 saturated carbocycles. The number of ether oxygens (including phenoxy) is 2. The number of esters is 1. The fourth-order valence-corrected chi connectivity index (χ4v) is 5.43. The van der Waals surface area contributed by atoms with E-state index in [2.05, 4.69) is 39.0 Å². The number of fused-ring (bicyclic) bond motifs is 1. The van der Waals surface area contributed by atoms with E-state index >= 15 is 0 Å². The fraction of sp³-hybridized carbons (Fsp3) is 0.760. The highest BCUT2D eigenvalue weighted by Gasteiger charge is 2.52. The number of carbonyl (C=O) groups excluding carboxylic acids is 3. The molecular formula is C25H42N4O6Si. The number of rotatable bonds is 5. The normalized spacial score (nSPS) is 23.1. The predicted octanol–water partition coefficient (Wildman–Crippen LogP) is 3.94. The maximum absolute atomic E-state index is 13.8.